The van der Waals surface area contributed by atoms with Gasteiger partial charge in [-0.05, 0) is 36.8 Å². The zero-order valence-corrected chi connectivity index (χ0v) is 19.8. The first kappa shape index (κ1) is 21.7. The molecule has 6 rings (SSSR count). The second-order valence-electron chi connectivity index (χ2n) is 8.67. The van der Waals surface area contributed by atoms with Crippen molar-refractivity contribution in [3.8, 4) is 33.9 Å². The van der Waals surface area contributed by atoms with Crippen LogP contribution in [-0.2, 0) is 0 Å². The van der Waals surface area contributed by atoms with E-state index in [4.69, 9.17) is 0 Å². The molecule has 0 radical (unpaired) electrons. The number of rotatable bonds is 7. The molecule has 0 fully saturated rings. The average molecular weight is 473 g/mol. The largest absolute Gasteiger partial charge is 0.358 e. The van der Waals surface area contributed by atoms with Crippen molar-refractivity contribution < 1.29 is 0 Å². The third kappa shape index (κ3) is 3.98. The predicted octanol–water partition coefficient (Wildman–Crippen LogP) is 6.35. The highest BCUT2D eigenvalue weighted by atomic mass is 15.1. The molecule has 8 nitrogen and oxygen atoms in total. The van der Waals surface area contributed by atoms with Gasteiger partial charge in [0, 0.05) is 46.2 Å². The van der Waals surface area contributed by atoms with Crippen LogP contribution in [0, 0.1) is 0 Å². The Balaban J connectivity index is 1.40. The second-order valence-corrected chi connectivity index (χ2v) is 8.67. The molecular formula is C28H24N8. The maximum Gasteiger partial charge on any atom is 0.116 e. The van der Waals surface area contributed by atoms with E-state index in [9.17, 15) is 0 Å². The van der Waals surface area contributed by atoms with Crippen LogP contribution in [0.3, 0.4) is 0 Å². The molecule has 0 spiro atoms. The fraction of sp³-hybridized carbons (Fsp3) is 0.107. The highest BCUT2D eigenvalue weighted by Gasteiger charge is 2.15. The third-order valence-electron chi connectivity index (χ3n) is 6.10. The van der Waals surface area contributed by atoms with E-state index in [1.54, 1.807) is 18.6 Å². The van der Waals surface area contributed by atoms with Crippen molar-refractivity contribution in [1.82, 2.24) is 35.1 Å². The Hall–Kier alpha value is -4.85. The fourth-order valence-electron chi connectivity index (χ4n) is 4.40. The Morgan fingerprint density at radius 2 is 1.83 bits per heavy atom. The van der Waals surface area contributed by atoms with Crippen molar-refractivity contribution >= 4 is 27.5 Å². The molecule has 0 atom stereocenters. The van der Waals surface area contributed by atoms with Gasteiger partial charge in [-0.3, -0.25) is 25.0 Å². The maximum atomic E-state index is 4.65. The molecule has 0 aliphatic rings. The van der Waals surface area contributed by atoms with Crippen molar-refractivity contribution in [1.29, 1.82) is 0 Å². The number of fused-ring (bicyclic) bond motifs is 2. The fourth-order valence-corrected chi connectivity index (χ4v) is 4.40. The number of allylic oxidation sites excluding steroid dienone is 1. The topological polar surface area (TPSA) is 108 Å². The van der Waals surface area contributed by atoms with Gasteiger partial charge >= 0.3 is 0 Å². The van der Waals surface area contributed by atoms with E-state index < -0.39 is 0 Å². The van der Waals surface area contributed by atoms with Crippen LogP contribution in [0.25, 0.3) is 55.7 Å². The van der Waals surface area contributed by atoms with E-state index in [0.717, 1.165) is 79.9 Å². The molecule has 0 amide bonds. The molecule has 3 N–H and O–H groups in total. The molecule has 6 heterocycles. The Labute approximate surface area is 207 Å². The van der Waals surface area contributed by atoms with Crippen molar-refractivity contribution in [2.45, 2.75) is 19.8 Å². The molecule has 0 bridgehead atoms. The summed E-state index contributed by atoms with van der Waals surface area (Å²) in [6.07, 6.45) is 12.8. The van der Waals surface area contributed by atoms with E-state index in [2.05, 4.69) is 60.0 Å². The molecule has 176 valence electrons. The van der Waals surface area contributed by atoms with Crippen molar-refractivity contribution in [2.75, 3.05) is 5.32 Å². The van der Waals surface area contributed by atoms with Crippen LogP contribution in [0.5, 0.6) is 0 Å². The highest BCUT2D eigenvalue weighted by Crippen LogP contribution is 2.34. The van der Waals surface area contributed by atoms with Gasteiger partial charge in [0.05, 0.1) is 52.4 Å². The third-order valence-corrected chi connectivity index (χ3v) is 6.10. The number of pyridine rings is 4. The monoisotopic (exact) mass is 472 g/mol. The quantitative estimate of drug-likeness (QED) is 0.250. The van der Waals surface area contributed by atoms with Crippen LogP contribution in [0.2, 0.25) is 0 Å². The van der Waals surface area contributed by atoms with E-state index in [-0.39, 0.29) is 0 Å². The number of aromatic amines is 2. The molecule has 0 aromatic carbocycles. The summed E-state index contributed by atoms with van der Waals surface area (Å²) < 4.78 is 0. The maximum absolute atomic E-state index is 4.65. The number of hydrogen-bond acceptors (Lipinski definition) is 6. The zero-order chi connectivity index (χ0) is 24.5. The summed E-state index contributed by atoms with van der Waals surface area (Å²) in [5.74, 6) is 0. The van der Waals surface area contributed by atoms with Gasteiger partial charge in [-0.1, -0.05) is 26.0 Å². The lowest BCUT2D eigenvalue weighted by molar-refractivity contribution is 0.913. The first-order chi connectivity index (χ1) is 17.7. The van der Waals surface area contributed by atoms with Gasteiger partial charge in [0.1, 0.15) is 5.69 Å². The van der Waals surface area contributed by atoms with Gasteiger partial charge < -0.3 is 10.3 Å². The first-order valence-electron chi connectivity index (χ1n) is 11.8. The molecule has 0 saturated carbocycles. The summed E-state index contributed by atoms with van der Waals surface area (Å²) in [5, 5.41) is 13.1. The Morgan fingerprint density at radius 3 is 2.69 bits per heavy atom. The number of aromatic nitrogens is 7. The van der Waals surface area contributed by atoms with Crippen LogP contribution in [0.4, 0.5) is 5.69 Å². The molecule has 0 aliphatic heterocycles. The minimum Gasteiger partial charge on any atom is -0.358 e. The van der Waals surface area contributed by atoms with Gasteiger partial charge in [-0.15, -0.1) is 0 Å². The summed E-state index contributed by atoms with van der Waals surface area (Å²) in [6.45, 7) is 6.22. The first-order valence-corrected chi connectivity index (χ1v) is 11.8. The van der Waals surface area contributed by atoms with Gasteiger partial charge in [0.25, 0.3) is 0 Å². The lowest BCUT2D eigenvalue weighted by Crippen LogP contribution is -1.98. The molecular weight excluding hydrogens is 448 g/mol. The Morgan fingerprint density at radius 1 is 0.917 bits per heavy atom. The normalized spacial score (nSPS) is 11.2. The highest BCUT2D eigenvalue weighted by molar-refractivity contribution is 6.00. The number of hydrogen-bond donors (Lipinski definition) is 3. The molecule has 6 aromatic heterocycles. The van der Waals surface area contributed by atoms with E-state index in [0.29, 0.717) is 0 Å². The van der Waals surface area contributed by atoms with Crippen LogP contribution in [0.15, 0.2) is 85.9 Å². The van der Waals surface area contributed by atoms with E-state index in [1.807, 2.05) is 48.9 Å². The Kier molecular flexibility index (Phi) is 5.46. The Bertz CT molecular complexity index is 1700. The second kappa shape index (κ2) is 9.07. The average Bonchev–Trinajstić information content (AvgIpc) is 3.53. The summed E-state index contributed by atoms with van der Waals surface area (Å²) in [5.41, 5.74) is 8.92. The summed E-state index contributed by atoms with van der Waals surface area (Å²) in [7, 11) is 0. The van der Waals surface area contributed by atoms with Crippen molar-refractivity contribution in [3.05, 3.63) is 85.9 Å². The minimum absolute atomic E-state index is 0.814. The molecule has 36 heavy (non-hydrogen) atoms. The van der Waals surface area contributed by atoms with Gasteiger partial charge in [0.2, 0.25) is 0 Å². The van der Waals surface area contributed by atoms with Gasteiger partial charge in [-0.2, -0.15) is 5.10 Å². The summed E-state index contributed by atoms with van der Waals surface area (Å²) >= 11 is 0. The smallest absolute Gasteiger partial charge is 0.116 e. The zero-order valence-electron chi connectivity index (χ0n) is 19.8. The van der Waals surface area contributed by atoms with Gasteiger partial charge in [0.15, 0.2) is 0 Å². The predicted molar refractivity (Wildman–Crippen MR) is 143 cm³/mol. The number of nitrogens with one attached hydrogen (secondary N) is 3. The number of H-pyrrole nitrogens is 2. The molecule has 0 saturated heterocycles. The summed E-state index contributed by atoms with van der Waals surface area (Å²) in [4.78, 5) is 21.4. The van der Waals surface area contributed by atoms with Crippen LogP contribution >= 0.6 is 0 Å². The lowest BCUT2D eigenvalue weighted by atomic mass is 10.1. The number of anilines is 1. The SMILES string of the molecule is C=C(CCC)Nc1cncc(-c2cc3c(-c4cc5c(-c6ccccn6)cncc5[nH]4)n[nH]c3cn2)c1. The van der Waals surface area contributed by atoms with Crippen LogP contribution in [-0.4, -0.2) is 35.1 Å². The molecule has 0 aliphatic carbocycles. The standard InChI is InChI=1S/C28H24N8/c1-3-6-17(2)33-19-9-18(12-29-13-19)24-11-21-27(16-32-24)35-36-28(21)25-10-20-22(14-30-15-26(20)34-25)23-7-4-5-8-31-23/h4-5,7-16,33-34H,2-3,6H2,1H3,(H,35,36). The molecule has 8 heteroatoms. The van der Waals surface area contributed by atoms with E-state index >= 15 is 0 Å². The van der Waals surface area contributed by atoms with Crippen molar-refractivity contribution in [2.24, 2.45) is 0 Å². The van der Waals surface area contributed by atoms with Crippen LogP contribution < -0.4 is 5.32 Å². The summed E-state index contributed by atoms with van der Waals surface area (Å²) in [6, 6.07) is 12.0. The van der Waals surface area contributed by atoms with Crippen LogP contribution in [0.1, 0.15) is 19.8 Å². The molecule has 0 unspecified atom stereocenters. The van der Waals surface area contributed by atoms with Gasteiger partial charge in [-0.25, -0.2) is 0 Å². The molecule has 6 aromatic rings. The lowest BCUT2D eigenvalue weighted by Gasteiger charge is -2.09. The number of nitrogens with zero attached hydrogens (tertiary/aromatic N) is 5. The van der Waals surface area contributed by atoms with E-state index in [1.165, 1.54) is 0 Å². The van der Waals surface area contributed by atoms with Crippen molar-refractivity contribution in [3.63, 3.8) is 0 Å². The minimum atomic E-state index is 0.814.